The summed E-state index contributed by atoms with van der Waals surface area (Å²) in [5.74, 6) is 0.878. The maximum absolute atomic E-state index is 4.89. The SMILES string of the molecule is COc1cc[c-]cc1.[Br-].[H-].[H-].[Mg+2].[Mg+2]. The first kappa shape index (κ1) is 18.0. The van der Waals surface area contributed by atoms with Crippen molar-refractivity contribution in [2.75, 3.05) is 7.11 Å². The average molecular weight is 238 g/mol. The average Bonchev–Trinajstić information content (AvgIpc) is 1.90. The number of rotatable bonds is 1. The minimum atomic E-state index is 0. The Bertz CT molecular complexity index is 166. The van der Waals surface area contributed by atoms with Gasteiger partial charge in [0, 0.05) is 5.75 Å². The fourth-order valence-corrected chi connectivity index (χ4v) is 0.508. The molecule has 0 heterocycles. The zero-order valence-corrected chi connectivity index (χ0v) is 10.9. The Kier molecular flexibility index (Phi) is 18.0. The second-order valence-electron chi connectivity index (χ2n) is 1.44. The summed E-state index contributed by atoms with van der Waals surface area (Å²) in [6.07, 6.45) is 0. The second kappa shape index (κ2) is 11.0. The van der Waals surface area contributed by atoms with Gasteiger partial charge in [0.25, 0.3) is 0 Å². The minimum absolute atomic E-state index is 0. The molecule has 54 valence electrons. The molecule has 0 aliphatic heterocycles. The third kappa shape index (κ3) is 7.40. The van der Waals surface area contributed by atoms with E-state index in [0.29, 0.717) is 0 Å². The van der Waals surface area contributed by atoms with E-state index in [1.807, 2.05) is 24.3 Å². The summed E-state index contributed by atoms with van der Waals surface area (Å²) in [5, 5.41) is 0. The smallest absolute Gasteiger partial charge is 1.00 e. The van der Waals surface area contributed by atoms with E-state index in [1.165, 1.54) is 0 Å². The van der Waals surface area contributed by atoms with E-state index in [2.05, 4.69) is 6.07 Å². The predicted octanol–water partition coefficient (Wildman–Crippen LogP) is -2.04. The van der Waals surface area contributed by atoms with Crippen LogP contribution < -0.4 is 21.7 Å². The molecule has 0 atom stereocenters. The molecule has 0 aromatic heterocycles. The molecule has 0 spiro atoms. The molecule has 0 unspecified atom stereocenters. The number of benzene rings is 1. The van der Waals surface area contributed by atoms with Crippen LogP contribution in [0.3, 0.4) is 0 Å². The van der Waals surface area contributed by atoms with Crippen molar-refractivity contribution in [2.45, 2.75) is 0 Å². The van der Waals surface area contributed by atoms with Crippen molar-refractivity contribution in [2.24, 2.45) is 0 Å². The molecule has 0 saturated heterocycles. The quantitative estimate of drug-likeness (QED) is 0.404. The molecule has 0 radical (unpaired) electrons. The minimum Gasteiger partial charge on any atom is -1.00 e. The zero-order chi connectivity index (χ0) is 5.82. The Labute approximate surface area is 113 Å². The van der Waals surface area contributed by atoms with Crippen molar-refractivity contribution in [3.05, 3.63) is 30.3 Å². The number of ether oxygens (including phenoxy) is 1. The van der Waals surface area contributed by atoms with Crippen molar-refractivity contribution < 1.29 is 24.6 Å². The van der Waals surface area contributed by atoms with E-state index in [4.69, 9.17) is 4.74 Å². The Morgan fingerprint density at radius 2 is 1.73 bits per heavy atom. The third-order valence-corrected chi connectivity index (χ3v) is 0.923. The van der Waals surface area contributed by atoms with Gasteiger partial charge in [0.2, 0.25) is 0 Å². The predicted molar refractivity (Wildman–Crippen MR) is 45.6 cm³/mol. The van der Waals surface area contributed by atoms with E-state index < -0.39 is 0 Å². The van der Waals surface area contributed by atoms with Crippen molar-refractivity contribution in [3.63, 3.8) is 0 Å². The van der Waals surface area contributed by atoms with Crippen LogP contribution in [-0.2, 0) is 0 Å². The van der Waals surface area contributed by atoms with E-state index >= 15 is 0 Å². The first-order valence-electron chi connectivity index (χ1n) is 2.43. The van der Waals surface area contributed by atoms with Crippen molar-refractivity contribution in [3.8, 4) is 5.75 Å². The van der Waals surface area contributed by atoms with Crippen LogP contribution in [0.2, 0.25) is 0 Å². The van der Waals surface area contributed by atoms with E-state index in [0.717, 1.165) is 5.75 Å². The Morgan fingerprint density at radius 3 is 2.00 bits per heavy atom. The van der Waals surface area contributed by atoms with Gasteiger partial charge in [-0.1, -0.05) is 0 Å². The number of hydrogen-bond acceptors (Lipinski definition) is 1. The van der Waals surface area contributed by atoms with Crippen LogP contribution in [0.15, 0.2) is 24.3 Å². The molecule has 1 aromatic rings. The molecule has 1 nitrogen and oxygen atoms in total. The van der Waals surface area contributed by atoms with Gasteiger partial charge in [-0.15, -0.1) is 12.1 Å². The molecule has 0 N–H and O–H groups in total. The first-order chi connectivity index (χ1) is 3.93. The van der Waals surface area contributed by atoms with Gasteiger partial charge >= 0.3 is 46.1 Å². The van der Waals surface area contributed by atoms with Crippen LogP contribution in [-0.4, -0.2) is 53.2 Å². The second-order valence-corrected chi connectivity index (χ2v) is 1.44. The molecule has 1 aromatic carbocycles. The summed E-state index contributed by atoms with van der Waals surface area (Å²) in [6.45, 7) is 0. The van der Waals surface area contributed by atoms with Crippen LogP contribution in [0, 0.1) is 6.07 Å². The van der Waals surface area contributed by atoms with Gasteiger partial charge in [-0.3, -0.25) is 0 Å². The van der Waals surface area contributed by atoms with Crippen LogP contribution in [0.5, 0.6) is 5.75 Å². The maximum atomic E-state index is 4.89. The summed E-state index contributed by atoms with van der Waals surface area (Å²) < 4.78 is 4.89. The van der Waals surface area contributed by atoms with Gasteiger partial charge in [-0.25, -0.2) is 0 Å². The summed E-state index contributed by atoms with van der Waals surface area (Å²) in [7, 11) is 1.65. The molecule has 4 heteroatoms. The molecule has 0 fully saturated rings. The Balaban J connectivity index is -0.0000000427. The molecule has 1 rings (SSSR count). The third-order valence-electron chi connectivity index (χ3n) is 0.923. The zero-order valence-electron chi connectivity index (χ0n) is 8.51. The van der Waals surface area contributed by atoms with E-state index in [1.54, 1.807) is 7.11 Å². The fourth-order valence-electron chi connectivity index (χ4n) is 0.508. The van der Waals surface area contributed by atoms with Crippen molar-refractivity contribution in [1.29, 1.82) is 0 Å². The standard InChI is InChI=1S/C7H7O.BrH.2Mg.2H/c1-8-7-5-3-2-4-6-7;;;;;/h3-6H,1H3;1H;;;;/q-1;;2*+2;2*-1/p-1. The molecule has 0 amide bonds. The van der Waals surface area contributed by atoms with Crippen molar-refractivity contribution in [1.82, 2.24) is 0 Å². The largest absolute Gasteiger partial charge is 2.00 e. The summed E-state index contributed by atoms with van der Waals surface area (Å²) in [6, 6.07) is 10.2. The molecule has 11 heavy (non-hydrogen) atoms. The number of hydrogen-bond donors (Lipinski definition) is 0. The Morgan fingerprint density at radius 1 is 1.27 bits per heavy atom. The van der Waals surface area contributed by atoms with Crippen molar-refractivity contribution >= 4 is 46.1 Å². The van der Waals surface area contributed by atoms with E-state index in [-0.39, 0.29) is 65.9 Å². The van der Waals surface area contributed by atoms with Crippen LogP contribution in [0.1, 0.15) is 2.85 Å². The van der Waals surface area contributed by atoms with Crippen LogP contribution >= 0.6 is 0 Å². The van der Waals surface area contributed by atoms with Gasteiger partial charge in [-0.2, -0.15) is 18.2 Å². The van der Waals surface area contributed by atoms with Crippen LogP contribution in [0.25, 0.3) is 0 Å². The van der Waals surface area contributed by atoms with Gasteiger partial charge < -0.3 is 24.6 Å². The first-order valence-corrected chi connectivity index (χ1v) is 2.43. The summed E-state index contributed by atoms with van der Waals surface area (Å²) in [5.41, 5.74) is 0. The molecule has 0 saturated carbocycles. The van der Waals surface area contributed by atoms with E-state index in [9.17, 15) is 0 Å². The molecule has 0 bridgehead atoms. The molecular formula is C7H9BrMg2O. The Hall–Kier alpha value is 1.03. The summed E-state index contributed by atoms with van der Waals surface area (Å²) in [4.78, 5) is 0. The van der Waals surface area contributed by atoms with Gasteiger partial charge in [-0.05, 0) is 0 Å². The van der Waals surface area contributed by atoms with Gasteiger partial charge in [0.15, 0.2) is 0 Å². The molecule has 0 aliphatic rings. The monoisotopic (exact) mass is 236 g/mol. The maximum Gasteiger partial charge on any atom is 2.00 e. The number of methoxy groups -OCH3 is 1. The topological polar surface area (TPSA) is 9.23 Å². The number of halogens is 1. The summed E-state index contributed by atoms with van der Waals surface area (Å²) >= 11 is 0. The normalized spacial score (nSPS) is 6.27. The molecular weight excluding hydrogens is 229 g/mol. The fraction of sp³-hybridized carbons (Fsp3) is 0.143. The van der Waals surface area contributed by atoms with Gasteiger partial charge in [0.05, 0.1) is 7.11 Å². The molecule has 0 aliphatic carbocycles. The van der Waals surface area contributed by atoms with Crippen LogP contribution in [0.4, 0.5) is 0 Å². The van der Waals surface area contributed by atoms with Gasteiger partial charge in [0.1, 0.15) is 0 Å².